The van der Waals surface area contributed by atoms with Crippen molar-refractivity contribution in [2.45, 2.75) is 52.4 Å². The highest BCUT2D eigenvalue weighted by Gasteiger charge is 2.21. The highest BCUT2D eigenvalue weighted by atomic mass is 16.1. The zero-order valence-corrected chi connectivity index (χ0v) is 39.8. The maximum Gasteiger partial charge on any atom is 0.193 e. The van der Waals surface area contributed by atoms with Crippen molar-refractivity contribution in [2.24, 2.45) is 0 Å². The number of para-hydroxylation sites is 2. The van der Waals surface area contributed by atoms with Crippen molar-refractivity contribution < 1.29 is 9.59 Å². The van der Waals surface area contributed by atoms with Gasteiger partial charge in [0.1, 0.15) is 0 Å². The first kappa shape index (κ1) is 45.2. The molecule has 0 amide bonds. The van der Waals surface area contributed by atoms with Crippen LogP contribution in [-0.2, 0) is 10.8 Å². The third-order valence-electron chi connectivity index (χ3n) is 12.8. The number of rotatable bonds is 14. The number of hydrogen-bond donors (Lipinski definition) is 2. The number of benzene rings is 9. The Hall–Kier alpha value is -7.96. The molecule has 0 aliphatic heterocycles. The number of nitrogens with one attached hydrogen (secondary N) is 2. The minimum Gasteiger partial charge on any atom is -0.365 e. The maximum atomic E-state index is 13.7. The standard InChI is InChI=1S/C62H58N4O2/c1-61(2,3)47-33-25-43(26-34-47)59(67)45-29-37-51(38-30-45)65(49-17-9-7-10-18-49)41-63-57-55-23-15-13-21-53(55)54-22-14-16-24-56(54)58(57)64-42-66(50-19-11-8-12-20-50)52-39-31-46(32-40-52)60(68)44-27-35-48(36-28-44)62(4,5)6/h7-40,63-64H,41-42H2,1-6H3. The smallest absolute Gasteiger partial charge is 0.193 e. The predicted molar refractivity (Wildman–Crippen MR) is 286 cm³/mol. The summed E-state index contributed by atoms with van der Waals surface area (Å²) in [6.45, 7) is 13.9. The summed E-state index contributed by atoms with van der Waals surface area (Å²) < 4.78 is 0. The van der Waals surface area contributed by atoms with E-state index >= 15 is 0 Å². The van der Waals surface area contributed by atoms with E-state index in [1.54, 1.807) is 0 Å². The molecule has 0 unspecified atom stereocenters. The fourth-order valence-electron chi connectivity index (χ4n) is 8.87. The summed E-state index contributed by atoms with van der Waals surface area (Å²) in [5.41, 5.74) is 10.9. The van der Waals surface area contributed by atoms with Gasteiger partial charge >= 0.3 is 0 Å². The van der Waals surface area contributed by atoms with Gasteiger partial charge in [-0.3, -0.25) is 9.59 Å². The largest absolute Gasteiger partial charge is 0.365 e. The van der Waals surface area contributed by atoms with Crippen LogP contribution >= 0.6 is 0 Å². The van der Waals surface area contributed by atoms with Crippen LogP contribution in [0.1, 0.15) is 84.5 Å². The third-order valence-corrected chi connectivity index (χ3v) is 12.8. The molecule has 0 bridgehead atoms. The Morgan fingerprint density at radius 3 is 0.912 bits per heavy atom. The minimum absolute atomic E-state index is 0.00405. The van der Waals surface area contributed by atoms with Gasteiger partial charge in [0, 0.05) is 55.8 Å². The van der Waals surface area contributed by atoms with Crippen LogP contribution < -0.4 is 20.4 Å². The second-order valence-electron chi connectivity index (χ2n) is 19.4. The first-order valence-corrected chi connectivity index (χ1v) is 23.4. The second kappa shape index (κ2) is 19.1. The number of fused-ring (bicyclic) bond motifs is 3. The normalized spacial score (nSPS) is 11.6. The molecule has 68 heavy (non-hydrogen) atoms. The van der Waals surface area contributed by atoms with Crippen molar-refractivity contribution in [3.63, 3.8) is 0 Å². The summed E-state index contributed by atoms with van der Waals surface area (Å²) in [6, 6.07) is 69.5. The van der Waals surface area contributed by atoms with Gasteiger partial charge in [0.2, 0.25) is 0 Å². The topological polar surface area (TPSA) is 64.7 Å². The molecule has 9 aromatic rings. The van der Waals surface area contributed by atoms with Gasteiger partial charge in [-0.25, -0.2) is 0 Å². The quantitative estimate of drug-likeness (QED) is 0.0491. The molecule has 9 rings (SSSR count). The van der Waals surface area contributed by atoms with E-state index in [0.717, 1.165) is 55.7 Å². The molecule has 0 saturated carbocycles. The summed E-state index contributed by atoms with van der Waals surface area (Å²) >= 11 is 0. The first-order valence-electron chi connectivity index (χ1n) is 23.4. The molecular weight excluding hydrogens is 833 g/mol. The maximum absolute atomic E-state index is 13.7. The van der Waals surface area contributed by atoms with Crippen LogP contribution in [0, 0.1) is 0 Å². The molecule has 0 aliphatic rings. The Balaban J connectivity index is 1.04. The molecule has 0 atom stereocenters. The lowest BCUT2D eigenvalue weighted by Gasteiger charge is -2.30. The Bertz CT molecular complexity index is 2970. The molecule has 338 valence electrons. The molecule has 2 N–H and O–H groups in total. The summed E-state index contributed by atoms with van der Waals surface area (Å²) in [4.78, 5) is 31.9. The van der Waals surface area contributed by atoms with Gasteiger partial charge in [0.05, 0.1) is 24.7 Å². The Kier molecular flexibility index (Phi) is 12.7. The molecule has 0 aromatic heterocycles. The molecule has 9 aromatic carbocycles. The van der Waals surface area contributed by atoms with Crippen LogP contribution in [0.5, 0.6) is 0 Å². The number of carbonyl (C=O) groups is 2. The first-order chi connectivity index (χ1) is 32.8. The number of carbonyl (C=O) groups excluding carboxylic acids is 2. The van der Waals surface area contributed by atoms with Crippen molar-refractivity contribution >= 4 is 67.2 Å². The number of hydrogen-bond acceptors (Lipinski definition) is 6. The van der Waals surface area contributed by atoms with Gasteiger partial charge < -0.3 is 20.4 Å². The van der Waals surface area contributed by atoms with Crippen LogP contribution in [0.15, 0.2) is 206 Å². The predicted octanol–water partition coefficient (Wildman–Crippen LogP) is 15.5. The summed E-state index contributed by atoms with van der Waals surface area (Å²) in [7, 11) is 0. The summed E-state index contributed by atoms with van der Waals surface area (Å²) in [5.74, 6) is -0.00810. The molecule has 0 spiro atoms. The number of anilines is 6. The molecule has 0 radical (unpaired) electrons. The van der Waals surface area contributed by atoms with Gasteiger partial charge in [-0.15, -0.1) is 0 Å². The fraction of sp³-hybridized carbons (Fsp3) is 0.161. The average molecular weight is 891 g/mol. The third kappa shape index (κ3) is 9.63. The zero-order chi connectivity index (χ0) is 47.4. The van der Waals surface area contributed by atoms with E-state index in [1.807, 2.05) is 109 Å². The fourth-order valence-corrected chi connectivity index (χ4v) is 8.87. The van der Waals surface area contributed by atoms with E-state index in [0.29, 0.717) is 35.6 Å². The Labute approximate surface area is 400 Å². The SMILES string of the molecule is CC(C)(C)c1ccc(C(=O)c2ccc(N(CNc3c(NCN(c4ccccc4)c4ccc(C(=O)c5ccc(C(C)(C)C)cc5)cc4)c4ccccc4c4ccccc34)c3ccccc3)cc2)cc1. The zero-order valence-electron chi connectivity index (χ0n) is 39.8. The second-order valence-corrected chi connectivity index (χ2v) is 19.4. The lowest BCUT2D eigenvalue weighted by Crippen LogP contribution is -2.27. The van der Waals surface area contributed by atoms with Crippen LogP contribution in [0.2, 0.25) is 0 Å². The van der Waals surface area contributed by atoms with Crippen molar-refractivity contribution in [1.82, 2.24) is 0 Å². The average Bonchev–Trinajstić information content (AvgIpc) is 3.37. The molecule has 6 nitrogen and oxygen atoms in total. The van der Waals surface area contributed by atoms with Crippen molar-refractivity contribution in [2.75, 3.05) is 33.8 Å². The van der Waals surface area contributed by atoms with Gasteiger partial charge in [-0.1, -0.05) is 175 Å². The molecule has 0 fully saturated rings. The van der Waals surface area contributed by atoms with E-state index in [4.69, 9.17) is 0 Å². The molecule has 0 saturated heterocycles. The van der Waals surface area contributed by atoms with Crippen molar-refractivity contribution in [1.29, 1.82) is 0 Å². The lowest BCUT2D eigenvalue weighted by molar-refractivity contribution is 0.103. The number of ketones is 2. The van der Waals surface area contributed by atoms with Crippen LogP contribution in [0.25, 0.3) is 21.5 Å². The van der Waals surface area contributed by atoms with Crippen LogP contribution in [0.4, 0.5) is 34.1 Å². The van der Waals surface area contributed by atoms with E-state index < -0.39 is 0 Å². The van der Waals surface area contributed by atoms with Crippen LogP contribution in [0.3, 0.4) is 0 Å². The molecule has 0 heterocycles. The monoisotopic (exact) mass is 890 g/mol. The van der Waals surface area contributed by atoms with E-state index in [2.05, 4.69) is 159 Å². The molecular formula is C62H58N4O2. The van der Waals surface area contributed by atoms with E-state index in [1.165, 1.54) is 11.1 Å². The Morgan fingerprint density at radius 2 is 0.603 bits per heavy atom. The van der Waals surface area contributed by atoms with E-state index in [9.17, 15) is 9.59 Å². The molecule has 0 aliphatic carbocycles. The highest BCUT2D eigenvalue weighted by molar-refractivity contribution is 6.20. The van der Waals surface area contributed by atoms with E-state index in [-0.39, 0.29) is 22.4 Å². The Morgan fingerprint density at radius 1 is 0.338 bits per heavy atom. The summed E-state index contributed by atoms with van der Waals surface area (Å²) in [6.07, 6.45) is 0. The lowest BCUT2D eigenvalue weighted by atomic mass is 9.86. The van der Waals surface area contributed by atoms with Gasteiger partial charge in [-0.05, 0) is 106 Å². The molecule has 6 heteroatoms. The van der Waals surface area contributed by atoms with Crippen molar-refractivity contribution in [3.05, 3.63) is 240 Å². The highest BCUT2D eigenvalue weighted by Crippen LogP contribution is 2.41. The minimum atomic E-state index is -0.00405. The van der Waals surface area contributed by atoms with Gasteiger partial charge in [0.15, 0.2) is 11.6 Å². The van der Waals surface area contributed by atoms with Gasteiger partial charge in [0.25, 0.3) is 0 Å². The van der Waals surface area contributed by atoms with Crippen LogP contribution in [-0.4, -0.2) is 24.9 Å². The number of nitrogens with zero attached hydrogens (tertiary/aromatic N) is 2. The van der Waals surface area contributed by atoms with Crippen molar-refractivity contribution in [3.8, 4) is 0 Å². The van der Waals surface area contributed by atoms with Gasteiger partial charge in [-0.2, -0.15) is 0 Å². The summed E-state index contributed by atoms with van der Waals surface area (Å²) in [5, 5.41) is 12.3.